The highest BCUT2D eigenvalue weighted by molar-refractivity contribution is 7.89. The first-order chi connectivity index (χ1) is 14.8. The third-order valence-electron chi connectivity index (χ3n) is 4.48. The smallest absolute Gasteiger partial charge is 0.249 e. The fraction of sp³-hybridized carbons (Fsp3) is 0.238. The quantitative estimate of drug-likeness (QED) is 0.514. The Kier molecular flexibility index (Phi) is 6.93. The van der Waals surface area contributed by atoms with Gasteiger partial charge < -0.3 is 9.84 Å². The lowest BCUT2D eigenvalue weighted by Gasteiger charge is -2.17. The van der Waals surface area contributed by atoms with E-state index < -0.39 is 16.1 Å². The average molecular weight is 442 g/mol. The van der Waals surface area contributed by atoms with Crippen LogP contribution in [0, 0.1) is 5.92 Å². The van der Waals surface area contributed by atoms with E-state index in [1.54, 1.807) is 36.7 Å². The van der Waals surface area contributed by atoms with E-state index in [0.29, 0.717) is 17.3 Å². The topological polar surface area (TPSA) is 127 Å². The molecule has 31 heavy (non-hydrogen) atoms. The molecule has 3 rings (SSSR count). The van der Waals surface area contributed by atoms with Crippen molar-refractivity contribution >= 4 is 22.0 Å². The number of hydrogen-bond acceptors (Lipinski definition) is 7. The summed E-state index contributed by atoms with van der Waals surface area (Å²) in [7, 11) is -2.15. The molecule has 10 heteroatoms. The minimum Gasteiger partial charge on any atom is -0.340 e. The number of nitrogens with one attached hydrogen (secondary N) is 2. The molecule has 0 fully saturated rings. The first-order valence-electron chi connectivity index (χ1n) is 9.56. The largest absolute Gasteiger partial charge is 0.340 e. The molecule has 0 aliphatic carbocycles. The van der Waals surface area contributed by atoms with Crippen LogP contribution in [-0.4, -0.2) is 36.5 Å². The van der Waals surface area contributed by atoms with Crippen molar-refractivity contribution in [3.8, 4) is 11.4 Å². The minimum atomic E-state index is -3.50. The van der Waals surface area contributed by atoms with E-state index in [0.717, 1.165) is 5.56 Å². The number of benzene rings is 1. The SMILES string of the molecule is CNS(=O)(=O)c1ccc(/C=C/C(=O)NC(c2nc(-c3cccnc3)no2)C(C)C)cc1. The van der Waals surface area contributed by atoms with E-state index in [-0.39, 0.29) is 16.7 Å². The van der Waals surface area contributed by atoms with Crippen molar-refractivity contribution in [1.29, 1.82) is 0 Å². The van der Waals surface area contributed by atoms with Crippen LogP contribution in [0.25, 0.3) is 17.5 Å². The Labute approximate surface area is 180 Å². The second-order valence-corrected chi connectivity index (χ2v) is 8.92. The number of hydrogen-bond donors (Lipinski definition) is 2. The Balaban J connectivity index is 1.69. The van der Waals surface area contributed by atoms with Gasteiger partial charge in [0.05, 0.1) is 4.90 Å². The zero-order chi connectivity index (χ0) is 22.4. The molecule has 0 bridgehead atoms. The lowest BCUT2D eigenvalue weighted by atomic mass is 10.0. The number of rotatable bonds is 8. The molecule has 1 atom stereocenters. The van der Waals surface area contributed by atoms with Crippen LogP contribution in [-0.2, 0) is 14.8 Å². The van der Waals surface area contributed by atoms with Gasteiger partial charge in [-0.2, -0.15) is 4.98 Å². The molecule has 2 aromatic heterocycles. The van der Waals surface area contributed by atoms with Gasteiger partial charge >= 0.3 is 0 Å². The Morgan fingerprint density at radius 1 is 1.16 bits per heavy atom. The summed E-state index contributed by atoms with van der Waals surface area (Å²) in [6.45, 7) is 3.87. The van der Waals surface area contributed by atoms with E-state index in [1.807, 2.05) is 19.9 Å². The standard InChI is InChI=1S/C21H23N5O4S/c1-14(2)19(21-25-20(26-30-21)16-5-4-12-23-13-16)24-18(27)11-8-15-6-9-17(10-7-15)31(28,29)22-3/h4-14,19,22H,1-3H3,(H,24,27)/b11-8+. The third kappa shape index (κ3) is 5.62. The lowest BCUT2D eigenvalue weighted by molar-refractivity contribution is -0.117. The zero-order valence-corrected chi connectivity index (χ0v) is 18.1. The first-order valence-corrected chi connectivity index (χ1v) is 11.0. The van der Waals surface area contributed by atoms with Crippen LogP contribution in [0.1, 0.15) is 31.3 Å². The Morgan fingerprint density at radius 2 is 1.90 bits per heavy atom. The maximum atomic E-state index is 12.5. The monoisotopic (exact) mass is 441 g/mol. The summed E-state index contributed by atoms with van der Waals surface area (Å²) < 4.78 is 31.2. The minimum absolute atomic E-state index is 0.00517. The predicted octanol–water partition coefficient (Wildman–Crippen LogP) is 2.57. The molecule has 0 spiro atoms. The highest BCUT2D eigenvalue weighted by Gasteiger charge is 2.24. The van der Waals surface area contributed by atoms with E-state index in [4.69, 9.17) is 4.52 Å². The van der Waals surface area contributed by atoms with Gasteiger partial charge in [-0.25, -0.2) is 13.1 Å². The highest BCUT2D eigenvalue weighted by atomic mass is 32.2. The molecule has 2 N–H and O–H groups in total. The van der Waals surface area contributed by atoms with E-state index in [9.17, 15) is 13.2 Å². The summed E-state index contributed by atoms with van der Waals surface area (Å²) in [5.41, 5.74) is 1.40. The molecule has 1 aromatic carbocycles. The summed E-state index contributed by atoms with van der Waals surface area (Å²) in [6, 6.07) is 9.30. The van der Waals surface area contributed by atoms with E-state index in [1.165, 1.54) is 25.3 Å². The number of amides is 1. The molecule has 3 aromatic rings. The van der Waals surface area contributed by atoms with Crippen LogP contribution in [0.3, 0.4) is 0 Å². The van der Waals surface area contributed by atoms with E-state index in [2.05, 4.69) is 25.2 Å². The van der Waals surface area contributed by atoms with Crippen LogP contribution in [0.4, 0.5) is 0 Å². The normalized spacial score (nSPS) is 12.9. The number of pyridine rings is 1. The van der Waals surface area contributed by atoms with Crippen LogP contribution >= 0.6 is 0 Å². The van der Waals surface area contributed by atoms with Gasteiger partial charge in [-0.15, -0.1) is 0 Å². The molecule has 0 aliphatic heterocycles. The number of carbonyl (C=O) groups is 1. The van der Waals surface area contributed by atoms with E-state index >= 15 is 0 Å². The first kappa shape index (κ1) is 22.3. The molecule has 2 heterocycles. The summed E-state index contributed by atoms with van der Waals surface area (Å²) in [5, 5.41) is 6.85. The molecular weight excluding hydrogens is 418 g/mol. The molecule has 162 valence electrons. The van der Waals surface area contributed by atoms with Gasteiger partial charge in [-0.05, 0) is 48.9 Å². The van der Waals surface area contributed by atoms with Gasteiger partial charge in [-0.3, -0.25) is 9.78 Å². The second kappa shape index (κ2) is 9.63. The summed E-state index contributed by atoms with van der Waals surface area (Å²) in [4.78, 5) is 21.0. The molecule has 0 saturated carbocycles. The molecule has 1 unspecified atom stereocenters. The fourth-order valence-electron chi connectivity index (χ4n) is 2.74. The van der Waals surface area contributed by atoms with Crippen LogP contribution < -0.4 is 10.0 Å². The Hall–Kier alpha value is -3.37. The number of nitrogens with zero attached hydrogens (tertiary/aromatic N) is 3. The zero-order valence-electron chi connectivity index (χ0n) is 17.3. The molecule has 0 radical (unpaired) electrons. The van der Waals surface area contributed by atoms with Crippen molar-refractivity contribution in [2.24, 2.45) is 5.92 Å². The van der Waals surface area contributed by atoms with Crippen LogP contribution in [0.5, 0.6) is 0 Å². The fourth-order valence-corrected chi connectivity index (χ4v) is 3.47. The maximum absolute atomic E-state index is 12.5. The number of sulfonamides is 1. The van der Waals surface area contributed by atoms with Crippen molar-refractivity contribution in [3.05, 3.63) is 66.3 Å². The highest BCUT2D eigenvalue weighted by Crippen LogP contribution is 2.23. The molecule has 9 nitrogen and oxygen atoms in total. The summed E-state index contributed by atoms with van der Waals surface area (Å²) >= 11 is 0. The summed E-state index contributed by atoms with van der Waals surface area (Å²) in [6.07, 6.45) is 6.25. The third-order valence-corrected chi connectivity index (χ3v) is 5.91. The van der Waals surface area contributed by atoms with Gasteiger partial charge in [-0.1, -0.05) is 31.1 Å². The summed E-state index contributed by atoms with van der Waals surface area (Å²) in [5.74, 6) is 0.365. The van der Waals surface area contributed by atoms with Gasteiger partial charge in [0, 0.05) is 24.0 Å². The maximum Gasteiger partial charge on any atom is 0.249 e. The molecule has 0 aliphatic rings. The van der Waals surface area contributed by atoms with Crippen LogP contribution in [0.15, 0.2) is 64.3 Å². The second-order valence-electron chi connectivity index (χ2n) is 7.04. The molecule has 1 amide bonds. The lowest BCUT2D eigenvalue weighted by Crippen LogP contribution is -2.30. The number of carbonyl (C=O) groups excluding carboxylic acids is 1. The van der Waals surface area contributed by atoms with Crippen molar-refractivity contribution in [3.63, 3.8) is 0 Å². The van der Waals surface area contributed by atoms with Crippen LogP contribution in [0.2, 0.25) is 0 Å². The Morgan fingerprint density at radius 3 is 2.52 bits per heavy atom. The predicted molar refractivity (Wildman–Crippen MR) is 115 cm³/mol. The molecular formula is C21H23N5O4S. The average Bonchev–Trinajstić information content (AvgIpc) is 3.26. The molecule has 0 saturated heterocycles. The van der Waals surface area contributed by atoms with Crippen molar-refractivity contribution in [2.45, 2.75) is 24.8 Å². The van der Waals surface area contributed by atoms with Crippen molar-refractivity contribution in [1.82, 2.24) is 25.2 Å². The Bertz CT molecular complexity index is 1160. The van der Waals surface area contributed by atoms with Gasteiger partial charge in [0.2, 0.25) is 27.6 Å². The van der Waals surface area contributed by atoms with Gasteiger partial charge in [0.1, 0.15) is 6.04 Å². The van der Waals surface area contributed by atoms with Crippen molar-refractivity contribution in [2.75, 3.05) is 7.05 Å². The van der Waals surface area contributed by atoms with Gasteiger partial charge in [0.25, 0.3) is 0 Å². The van der Waals surface area contributed by atoms with Gasteiger partial charge in [0.15, 0.2) is 0 Å². The van der Waals surface area contributed by atoms with Crippen molar-refractivity contribution < 1.29 is 17.7 Å². The number of aromatic nitrogens is 3.